The van der Waals surface area contributed by atoms with E-state index in [9.17, 15) is 10.2 Å². The Balaban J connectivity index is 2.37. The summed E-state index contributed by atoms with van der Waals surface area (Å²) in [6.45, 7) is 5.94. The predicted octanol–water partition coefficient (Wildman–Crippen LogP) is 3.11. The van der Waals surface area contributed by atoms with Crippen LogP contribution in [-0.4, -0.2) is 21.9 Å². The predicted molar refractivity (Wildman–Crippen MR) is 67.3 cm³/mol. The second-order valence-corrected chi connectivity index (χ2v) is 6.15. The molecule has 3 atom stereocenters. The third-order valence-corrected chi connectivity index (χ3v) is 3.87. The average Bonchev–Trinajstić information content (AvgIpc) is 2.18. The Morgan fingerprint density at radius 2 is 1.88 bits per heavy atom. The van der Waals surface area contributed by atoms with Crippen molar-refractivity contribution in [1.29, 1.82) is 0 Å². The molecule has 0 aromatic rings. The van der Waals surface area contributed by atoms with Crippen LogP contribution in [0.4, 0.5) is 0 Å². The van der Waals surface area contributed by atoms with Crippen LogP contribution in [0, 0.1) is 11.8 Å². The van der Waals surface area contributed by atoms with E-state index in [1.807, 2.05) is 13.8 Å². The summed E-state index contributed by atoms with van der Waals surface area (Å²) in [7, 11) is 0. The average molecular weight is 228 g/mol. The SMILES string of the molecule is CCCC1CCC(O)C(CCC(C)(C)O)C1. The van der Waals surface area contributed by atoms with Gasteiger partial charge in [0.25, 0.3) is 0 Å². The summed E-state index contributed by atoms with van der Waals surface area (Å²) in [6, 6.07) is 0. The second-order valence-electron chi connectivity index (χ2n) is 6.15. The summed E-state index contributed by atoms with van der Waals surface area (Å²) < 4.78 is 0. The van der Waals surface area contributed by atoms with Gasteiger partial charge in [-0.3, -0.25) is 0 Å². The van der Waals surface area contributed by atoms with Gasteiger partial charge in [-0.25, -0.2) is 0 Å². The first-order chi connectivity index (χ1) is 7.42. The van der Waals surface area contributed by atoms with Gasteiger partial charge in [-0.1, -0.05) is 19.8 Å². The fourth-order valence-corrected chi connectivity index (χ4v) is 2.86. The number of rotatable bonds is 5. The second kappa shape index (κ2) is 6.02. The molecule has 0 saturated heterocycles. The lowest BCUT2D eigenvalue weighted by molar-refractivity contribution is 0.0159. The minimum absolute atomic E-state index is 0.129. The van der Waals surface area contributed by atoms with E-state index in [1.165, 1.54) is 19.3 Å². The van der Waals surface area contributed by atoms with Crippen molar-refractivity contribution in [1.82, 2.24) is 0 Å². The molecule has 2 N–H and O–H groups in total. The van der Waals surface area contributed by atoms with Gasteiger partial charge < -0.3 is 10.2 Å². The zero-order chi connectivity index (χ0) is 12.2. The summed E-state index contributed by atoms with van der Waals surface area (Å²) >= 11 is 0. The highest BCUT2D eigenvalue weighted by atomic mass is 16.3. The van der Waals surface area contributed by atoms with Crippen molar-refractivity contribution in [2.24, 2.45) is 11.8 Å². The third-order valence-electron chi connectivity index (χ3n) is 3.87. The Labute approximate surface area is 100 Å². The fourth-order valence-electron chi connectivity index (χ4n) is 2.86. The molecule has 0 radical (unpaired) electrons. The summed E-state index contributed by atoms with van der Waals surface area (Å²) in [6.07, 6.45) is 7.49. The highest BCUT2D eigenvalue weighted by Crippen LogP contribution is 2.35. The van der Waals surface area contributed by atoms with E-state index in [-0.39, 0.29) is 6.10 Å². The van der Waals surface area contributed by atoms with Crippen LogP contribution in [0.3, 0.4) is 0 Å². The summed E-state index contributed by atoms with van der Waals surface area (Å²) in [5.74, 6) is 1.22. The van der Waals surface area contributed by atoms with Crippen molar-refractivity contribution >= 4 is 0 Å². The number of aliphatic hydroxyl groups excluding tert-OH is 1. The molecule has 1 fully saturated rings. The van der Waals surface area contributed by atoms with E-state index in [1.54, 1.807) is 0 Å². The molecule has 16 heavy (non-hydrogen) atoms. The largest absolute Gasteiger partial charge is 0.393 e. The lowest BCUT2D eigenvalue weighted by atomic mass is 9.75. The van der Waals surface area contributed by atoms with Crippen LogP contribution >= 0.6 is 0 Å². The number of aliphatic hydroxyl groups is 2. The summed E-state index contributed by atoms with van der Waals surface area (Å²) in [4.78, 5) is 0. The van der Waals surface area contributed by atoms with Crippen molar-refractivity contribution in [3.05, 3.63) is 0 Å². The Morgan fingerprint density at radius 3 is 2.44 bits per heavy atom. The monoisotopic (exact) mass is 228 g/mol. The molecule has 0 amide bonds. The molecule has 0 bridgehead atoms. The fraction of sp³-hybridized carbons (Fsp3) is 1.00. The van der Waals surface area contributed by atoms with Crippen molar-refractivity contribution in [2.75, 3.05) is 0 Å². The maximum atomic E-state index is 9.97. The van der Waals surface area contributed by atoms with Crippen molar-refractivity contribution in [3.63, 3.8) is 0 Å². The van der Waals surface area contributed by atoms with Crippen LogP contribution in [0.2, 0.25) is 0 Å². The molecule has 3 unspecified atom stereocenters. The lowest BCUT2D eigenvalue weighted by Gasteiger charge is -2.34. The topological polar surface area (TPSA) is 40.5 Å². The first-order valence-corrected chi connectivity index (χ1v) is 6.83. The molecule has 1 aliphatic carbocycles. The van der Waals surface area contributed by atoms with Gasteiger partial charge in [-0.2, -0.15) is 0 Å². The molecule has 1 aliphatic rings. The minimum atomic E-state index is -0.586. The normalized spacial score (nSPS) is 31.7. The Bertz CT molecular complexity index is 195. The molecule has 0 heterocycles. The van der Waals surface area contributed by atoms with Gasteiger partial charge in [-0.15, -0.1) is 0 Å². The molecule has 0 aromatic carbocycles. The van der Waals surface area contributed by atoms with Gasteiger partial charge in [0, 0.05) is 0 Å². The summed E-state index contributed by atoms with van der Waals surface area (Å²) in [5.41, 5.74) is -0.586. The van der Waals surface area contributed by atoms with Crippen LogP contribution in [0.5, 0.6) is 0 Å². The van der Waals surface area contributed by atoms with E-state index < -0.39 is 5.60 Å². The van der Waals surface area contributed by atoms with Crippen LogP contribution in [0.15, 0.2) is 0 Å². The first-order valence-electron chi connectivity index (χ1n) is 6.83. The molecule has 0 aliphatic heterocycles. The zero-order valence-electron chi connectivity index (χ0n) is 11.1. The van der Waals surface area contributed by atoms with E-state index >= 15 is 0 Å². The van der Waals surface area contributed by atoms with Gasteiger partial charge in [0.2, 0.25) is 0 Å². The Morgan fingerprint density at radius 1 is 1.19 bits per heavy atom. The van der Waals surface area contributed by atoms with Crippen LogP contribution < -0.4 is 0 Å². The molecule has 1 saturated carbocycles. The molecule has 0 aromatic heterocycles. The Kier molecular flexibility index (Phi) is 5.26. The molecule has 0 spiro atoms. The quantitative estimate of drug-likeness (QED) is 0.759. The summed E-state index contributed by atoms with van der Waals surface area (Å²) in [5, 5.41) is 19.7. The molecule has 1 rings (SSSR count). The first kappa shape index (κ1) is 14.0. The van der Waals surface area contributed by atoms with Crippen LogP contribution in [-0.2, 0) is 0 Å². The molecule has 2 heteroatoms. The van der Waals surface area contributed by atoms with Crippen molar-refractivity contribution < 1.29 is 10.2 Å². The van der Waals surface area contributed by atoms with Crippen molar-refractivity contribution in [3.8, 4) is 0 Å². The minimum Gasteiger partial charge on any atom is -0.393 e. The Hall–Kier alpha value is -0.0800. The smallest absolute Gasteiger partial charge is 0.0591 e. The number of hydrogen-bond donors (Lipinski definition) is 2. The standard InChI is InChI=1S/C14H28O2/c1-4-5-11-6-7-13(15)12(10-11)8-9-14(2,3)16/h11-13,15-16H,4-10H2,1-3H3. The maximum absolute atomic E-state index is 9.97. The van der Waals surface area contributed by atoms with Gasteiger partial charge in [-0.05, 0) is 57.8 Å². The number of hydrogen-bond acceptors (Lipinski definition) is 2. The van der Waals surface area contributed by atoms with Gasteiger partial charge in [0.05, 0.1) is 11.7 Å². The van der Waals surface area contributed by atoms with E-state index in [0.29, 0.717) is 5.92 Å². The molecular formula is C14H28O2. The van der Waals surface area contributed by atoms with Gasteiger partial charge in [0.15, 0.2) is 0 Å². The highest BCUT2D eigenvalue weighted by Gasteiger charge is 2.29. The van der Waals surface area contributed by atoms with Crippen LogP contribution in [0.25, 0.3) is 0 Å². The molecule has 2 nitrogen and oxygen atoms in total. The molecule has 96 valence electrons. The zero-order valence-corrected chi connectivity index (χ0v) is 11.1. The molecular weight excluding hydrogens is 200 g/mol. The van der Waals surface area contributed by atoms with E-state index in [2.05, 4.69) is 6.92 Å². The van der Waals surface area contributed by atoms with Gasteiger partial charge >= 0.3 is 0 Å². The third kappa shape index (κ3) is 4.84. The lowest BCUT2D eigenvalue weighted by Crippen LogP contribution is -2.31. The van der Waals surface area contributed by atoms with E-state index in [4.69, 9.17) is 0 Å². The van der Waals surface area contributed by atoms with Crippen LogP contribution in [0.1, 0.15) is 65.7 Å². The van der Waals surface area contributed by atoms with E-state index in [0.717, 1.165) is 31.6 Å². The maximum Gasteiger partial charge on any atom is 0.0591 e. The van der Waals surface area contributed by atoms with Gasteiger partial charge in [0.1, 0.15) is 0 Å². The van der Waals surface area contributed by atoms with Crippen molar-refractivity contribution in [2.45, 2.75) is 77.4 Å². The highest BCUT2D eigenvalue weighted by molar-refractivity contribution is 4.81.